The van der Waals surface area contributed by atoms with Crippen LogP contribution in [-0.4, -0.2) is 33.7 Å². The van der Waals surface area contributed by atoms with Gasteiger partial charge < -0.3 is 14.8 Å². The Kier molecular flexibility index (Phi) is 5.13. The minimum atomic E-state index is -0.211. The third kappa shape index (κ3) is 3.71. The number of hydrogen-bond donors (Lipinski definition) is 1. The Bertz CT molecular complexity index is 876. The second-order valence-corrected chi connectivity index (χ2v) is 5.26. The van der Waals surface area contributed by atoms with Crippen LogP contribution >= 0.6 is 0 Å². The lowest BCUT2D eigenvalue weighted by Crippen LogP contribution is -2.24. The Hall–Kier alpha value is -3.09. The van der Waals surface area contributed by atoms with Crippen LogP contribution in [0.5, 0.6) is 11.5 Å². The maximum absolute atomic E-state index is 12.4. The molecule has 1 aromatic carbocycles. The van der Waals surface area contributed by atoms with E-state index >= 15 is 0 Å². The molecule has 0 fully saturated rings. The molecule has 0 atom stereocenters. The monoisotopic (exact) mass is 340 g/mol. The van der Waals surface area contributed by atoms with Gasteiger partial charge in [0.2, 0.25) is 0 Å². The molecule has 0 radical (unpaired) electrons. The van der Waals surface area contributed by atoms with Gasteiger partial charge in [-0.1, -0.05) is 6.07 Å². The molecule has 0 bridgehead atoms. The Labute approximate surface area is 145 Å². The molecule has 7 nitrogen and oxygen atoms in total. The van der Waals surface area contributed by atoms with Gasteiger partial charge in [0.1, 0.15) is 0 Å². The van der Waals surface area contributed by atoms with E-state index in [4.69, 9.17) is 9.47 Å². The molecule has 25 heavy (non-hydrogen) atoms. The van der Waals surface area contributed by atoms with E-state index in [-0.39, 0.29) is 12.5 Å². The smallest absolute Gasteiger partial charge is 0.251 e. The van der Waals surface area contributed by atoms with Crippen LogP contribution in [0, 0.1) is 0 Å². The number of aromatic nitrogens is 3. The topological polar surface area (TPSA) is 77.8 Å². The Morgan fingerprint density at radius 2 is 1.88 bits per heavy atom. The average Bonchev–Trinajstić information content (AvgIpc) is 3.05. The number of carbonyl (C=O) groups excluding carboxylic acids is 1. The molecule has 1 N–H and O–H groups in total. The van der Waals surface area contributed by atoms with Gasteiger partial charge in [0.05, 0.1) is 19.8 Å². The van der Waals surface area contributed by atoms with Crippen molar-refractivity contribution in [2.24, 2.45) is 0 Å². The van der Waals surface area contributed by atoms with Gasteiger partial charge in [-0.25, -0.2) is 0 Å². The molecule has 0 aliphatic carbocycles. The third-order valence-electron chi connectivity index (χ3n) is 3.60. The predicted molar refractivity (Wildman–Crippen MR) is 92.9 cm³/mol. The lowest BCUT2D eigenvalue weighted by molar-refractivity contribution is 0.0949. The summed E-state index contributed by atoms with van der Waals surface area (Å²) < 4.78 is 12.9. The Balaban J connectivity index is 1.73. The molecule has 7 heteroatoms. The predicted octanol–water partition coefficient (Wildman–Crippen LogP) is 2.46. The zero-order valence-corrected chi connectivity index (χ0v) is 14.2. The van der Waals surface area contributed by atoms with Crippen LogP contribution in [0.25, 0.3) is 5.65 Å². The molecule has 3 rings (SSSR count). The van der Waals surface area contributed by atoms with Crippen molar-refractivity contribution in [1.82, 2.24) is 19.9 Å². The van der Waals surface area contributed by atoms with Crippen molar-refractivity contribution in [3.63, 3.8) is 0 Å². The summed E-state index contributed by atoms with van der Waals surface area (Å²) in [5.74, 6) is 1.64. The molecular formula is C18H20N4O3. The molecule has 0 saturated heterocycles. The number of carbonyl (C=O) groups is 1. The summed E-state index contributed by atoms with van der Waals surface area (Å²) in [5, 5.41) is 11.0. The summed E-state index contributed by atoms with van der Waals surface area (Å²) in [4.78, 5) is 12.4. The van der Waals surface area contributed by atoms with Crippen LogP contribution in [0.2, 0.25) is 0 Å². The lowest BCUT2D eigenvalue weighted by Gasteiger charge is -2.12. The number of amides is 1. The first kappa shape index (κ1) is 16.8. The fourth-order valence-electron chi connectivity index (χ4n) is 2.47. The maximum Gasteiger partial charge on any atom is 0.251 e. The molecular weight excluding hydrogens is 320 g/mol. The Morgan fingerprint density at radius 3 is 2.68 bits per heavy atom. The van der Waals surface area contributed by atoms with Crippen molar-refractivity contribution in [2.75, 3.05) is 13.2 Å². The fraction of sp³-hybridized carbons (Fsp3) is 0.278. The summed E-state index contributed by atoms with van der Waals surface area (Å²) in [6.07, 6.45) is 1.86. The second kappa shape index (κ2) is 7.65. The van der Waals surface area contributed by atoms with E-state index < -0.39 is 0 Å². The normalized spacial score (nSPS) is 10.6. The standard InChI is InChI=1S/C18H20N4O3/c1-3-24-14-9-8-13(11-15(14)25-4-2)18(23)19-12-17-21-20-16-7-5-6-10-22(16)17/h5-11H,3-4,12H2,1-2H3,(H,19,23). The SMILES string of the molecule is CCOc1ccc(C(=O)NCc2nnc3ccccn23)cc1OCC. The number of nitrogens with one attached hydrogen (secondary N) is 1. The largest absolute Gasteiger partial charge is 0.490 e. The van der Waals surface area contributed by atoms with Crippen molar-refractivity contribution in [1.29, 1.82) is 0 Å². The first-order valence-electron chi connectivity index (χ1n) is 8.19. The fourth-order valence-corrected chi connectivity index (χ4v) is 2.47. The highest BCUT2D eigenvalue weighted by molar-refractivity contribution is 5.94. The van der Waals surface area contributed by atoms with Crippen LogP contribution in [0.3, 0.4) is 0 Å². The highest BCUT2D eigenvalue weighted by Crippen LogP contribution is 2.28. The van der Waals surface area contributed by atoms with Gasteiger partial charge in [-0.2, -0.15) is 0 Å². The lowest BCUT2D eigenvalue weighted by atomic mass is 10.2. The van der Waals surface area contributed by atoms with Crippen LogP contribution in [0.4, 0.5) is 0 Å². The van der Waals surface area contributed by atoms with E-state index in [0.717, 1.165) is 5.65 Å². The van der Waals surface area contributed by atoms with E-state index in [2.05, 4.69) is 15.5 Å². The van der Waals surface area contributed by atoms with E-state index in [0.29, 0.717) is 36.1 Å². The van der Waals surface area contributed by atoms with Crippen molar-refractivity contribution < 1.29 is 14.3 Å². The van der Waals surface area contributed by atoms with E-state index in [9.17, 15) is 4.79 Å². The zero-order valence-electron chi connectivity index (χ0n) is 14.2. The van der Waals surface area contributed by atoms with Crippen LogP contribution < -0.4 is 14.8 Å². The number of hydrogen-bond acceptors (Lipinski definition) is 5. The maximum atomic E-state index is 12.4. The molecule has 0 unspecified atom stereocenters. The van der Waals surface area contributed by atoms with Crippen molar-refractivity contribution in [3.05, 3.63) is 54.0 Å². The summed E-state index contributed by atoms with van der Waals surface area (Å²) in [7, 11) is 0. The number of benzene rings is 1. The highest BCUT2D eigenvalue weighted by atomic mass is 16.5. The minimum absolute atomic E-state index is 0.211. The van der Waals surface area contributed by atoms with Gasteiger partial charge in [0.15, 0.2) is 23.0 Å². The number of pyridine rings is 1. The van der Waals surface area contributed by atoms with Crippen molar-refractivity contribution >= 4 is 11.6 Å². The molecule has 2 heterocycles. The van der Waals surface area contributed by atoms with Gasteiger partial charge in [-0.15, -0.1) is 10.2 Å². The molecule has 0 aliphatic heterocycles. The first-order chi connectivity index (χ1) is 12.2. The molecule has 0 aliphatic rings. The molecule has 130 valence electrons. The number of nitrogens with zero attached hydrogens (tertiary/aromatic N) is 3. The van der Waals surface area contributed by atoms with Gasteiger partial charge >= 0.3 is 0 Å². The van der Waals surface area contributed by atoms with Crippen LogP contribution in [0.15, 0.2) is 42.6 Å². The summed E-state index contributed by atoms with van der Waals surface area (Å²) in [5.41, 5.74) is 1.24. The minimum Gasteiger partial charge on any atom is -0.490 e. The van der Waals surface area contributed by atoms with Gasteiger partial charge in [0, 0.05) is 11.8 Å². The van der Waals surface area contributed by atoms with Crippen LogP contribution in [-0.2, 0) is 6.54 Å². The molecule has 3 aromatic rings. The van der Waals surface area contributed by atoms with Crippen molar-refractivity contribution in [2.45, 2.75) is 20.4 Å². The van der Waals surface area contributed by atoms with Crippen molar-refractivity contribution in [3.8, 4) is 11.5 Å². The van der Waals surface area contributed by atoms with Gasteiger partial charge in [-0.3, -0.25) is 9.20 Å². The average molecular weight is 340 g/mol. The third-order valence-corrected chi connectivity index (χ3v) is 3.60. The molecule has 1 amide bonds. The van der Waals surface area contributed by atoms with Gasteiger partial charge in [-0.05, 0) is 44.2 Å². The zero-order chi connectivity index (χ0) is 17.6. The summed E-state index contributed by atoms with van der Waals surface area (Å²) >= 11 is 0. The van der Waals surface area contributed by atoms with E-state index in [1.54, 1.807) is 18.2 Å². The molecule has 0 saturated carbocycles. The number of fused-ring (bicyclic) bond motifs is 1. The van der Waals surface area contributed by atoms with Gasteiger partial charge in [0.25, 0.3) is 5.91 Å². The van der Waals surface area contributed by atoms with Crippen LogP contribution in [0.1, 0.15) is 30.0 Å². The molecule has 0 spiro atoms. The highest BCUT2D eigenvalue weighted by Gasteiger charge is 2.12. The number of rotatable bonds is 7. The first-order valence-corrected chi connectivity index (χ1v) is 8.19. The number of ether oxygens (including phenoxy) is 2. The summed E-state index contributed by atoms with van der Waals surface area (Å²) in [6, 6.07) is 10.8. The Morgan fingerprint density at radius 1 is 1.08 bits per heavy atom. The molecule has 2 aromatic heterocycles. The summed E-state index contributed by atoms with van der Waals surface area (Å²) in [6.45, 7) is 5.10. The second-order valence-electron chi connectivity index (χ2n) is 5.26. The van der Waals surface area contributed by atoms with E-state index in [1.807, 2.05) is 42.6 Å². The quantitative estimate of drug-likeness (QED) is 0.715. The van der Waals surface area contributed by atoms with E-state index in [1.165, 1.54) is 0 Å².